The molecule has 2 aliphatic rings. The number of likely N-dealkylation sites (tertiary alicyclic amines) is 1. The molecule has 2 aromatic heterocycles. The van der Waals surface area contributed by atoms with Gasteiger partial charge in [0.2, 0.25) is 5.91 Å². The minimum absolute atomic E-state index is 0.0871. The van der Waals surface area contributed by atoms with E-state index in [0.717, 1.165) is 4.47 Å². The molecule has 2 atom stereocenters. The van der Waals surface area contributed by atoms with Gasteiger partial charge in [0.15, 0.2) is 0 Å². The molecule has 0 bridgehead atoms. The van der Waals surface area contributed by atoms with Crippen molar-refractivity contribution in [3.63, 3.8) is 0 Å². The van der Waals surface area contributed by atoms with Crippen molar-refractivity contribution < 1.29 is 14.0 Å². The van der Waals surface area contributed by atoms with Crippen LogP contribution in [0.4, 0.5) is 10.1 Å². The molecule has 2 amide bonds. The maximum Gasteiger partial charge on any atom is 0.252 e. The normalized spacial score (nSPS) is 25.5. The fraction of sp³-hybridized carbons (Fsp3) is 0.444. The van der Waals surface area contributed by atoms with Crippen molar-refractivity contribution in [3.8, 4) is 6.07 Å². The number of hydrogen-bond acceptors (Lipinski definition) is 5. The Morgan fingerprint density at radius 1 is 1.50 bits per heavy atom. The van der Waals surface area contributed by atoms with E-state index in [0.29, 0.717) is 24.0 Å². The second kappa shape index (κ2) is 6.17. The van der Waals surface area contributed by atoms with Crippen molar-refractivity contribution in [2.45, 2.75) is 31.5 Å². The van der Waals surface area contributed by atoms with Gasteiger partial charge in [-0.1, -0.05) is 0 Å². The summed E-state index contributed by atoms with van der Waals surface area (Å²) in [6.07, 6.45) is 4.05. The maximum atomic E-state index is 15.3. The minimum Gasteiger partial charge on any atom is -0.375 e. The van der Waals surface area contributed by atoms with Crippen LogP contribution in [0.25, 0.3) is 5.52 Å². The number of hydrogen-bond donors (Lipinski definition) is 2. The van der Waals surface area contributed by atoms with E-state index in [1.807, 2.05) is 0 Å². The Morgan fingerprint density at radius 2 is 2.21 bits per heavy atom. The Morgan fingerprint density at radius 3 is 2.82 bits per heavy atom. The highest BCUT2D eigenvalue weighted by Crippen LogP contribution is 2.47. The molecule has 4 rings (SSSR count). The highest BCUT2D eigenvalue weighted by atomic mass is 79.9. The molecule has 8 nitrogen and oxygen atoms in total. The third-order valence-electron chi connectivity index (χ3n) is 5.48. The van der Waals surface area contributed by atoms with Crippen LogP contribution in [0, 0.1) is 16.7 Å². The zero-order chi connectivity index (χ0) is 20.3. The SMILES string of the molecule is C[C@@]1(F)CN(C(=O)C2(C#N)CC2)C[C@H]1Nc1c(C(N)=O)cnn2cc(Br)cc12. The zero-order valence-corrected chi connectivity index (χ0v) is 16.7. The molecule has 0 aromatic carbocycles. The van der Waals surface area contributed by atoms with E-state index in [-0.39, 0.29) is 24.6 Å². The summed E-state index contributed by atoms with van der Waals surface area (Å²) < 4.78 is 17.6. The van der Waals surface area contributed by atoms with Gasteiger partial charge >= 0.3 is 0 Å². The Hall–Kier alpha value is -2.67. The van der Waals surface area contributed by atoms with Gasteiger partial charge in [-0.2, -0.15) is 10.4 Å². The summed E-state index contributed by atoms with van der Waals surface area (Å²) in [4.78, 5) is 25.9. The second-order valence-electron chi connectivity index (χ2n) is 7.64. The number of carbonyl (C=O) groups excluding carboxylic acids is 2. The predicted octanol–water partition coefficient (Wildman–Crippen LogP) is 1.85. The minimum atomic E-state index is -1.75. The number of nitrogens with two attached hydrogens (primary N) is 1. The smallest absolute Gasteiger partial charge is 0.252 e. The molecular formula is C18H18BrFN6O2. The molecule has 3 heterocycles. The number of nitrogens with one attached hydrogen (secondary N) is 1. The van der Waals surface area contributed by atoms with Gasteiger partial charge in [0, 0.05) is 17.2 Å². The Kier molecular flexibility index (Phi) is 4.12. The van der Waals surface area contributed by atoms with Crippen LogP contribution in [-0.2, 0) is 4.79 Å². The van der Waals surface area contributed by atoms with Gasteiger partial charge in [0.05, 0.1) is 41.6 Å². The van der Waals surface area contributed by atoms with E-state index in [9.17, 15) is 14.9 Å². The number of rotatable bonds is 4. The first-order valence-electron chi connectivity index (χ1n) is 8.80. The topological polar surface area (TPSA) is 117 Å². The highest BCUT2D eigenvalue weighted by molar-refractivity contribution is 9.10. The first kappa shape index (κ1) is 18.7. The van der Waals surface area contributed by atoms with Gasteiger partial charge in [0.1, 0.15) is 11.1 Å². The number of fused-ring (bicyclic) bond motifs is 1. The van der Waals surface area contributed by atoms with Gasteiger partial charge in [-0.05, 0) is 41.8 Å². The molecule has 0 unspecified atom stereocenters. The van der Waals surface area contributed by atoms with E-state index < -0.39 is 23.0 Å². The van der Waals surface area contributed by atoms with Crippen molar-refractivity contribution in [2.75, 3.05) is 18.4 Å². The number of anilines is 1. The zero-order valence-electron chi connectivity index (χ0n) is 15.1. The van der Waals surface area contributed by atoms with Crippen molar-refractivity contribution in [1.29, 1.82) is 5.26 Å². The molecule has 2 aromatic rings. The predicted molar refractivity (Wildman–Crippen MR) is 102 cm³/mol. The van der Waals surface area contributed by atoms with Gasteiger partial charge in [0.25, 0.3) is 5.91 Å². The van der Waals surface area contributed by atoms with Crippen molar-refractivity contribution in [2.24, 2.45) is 11.1 Å². The summed E-state index contributed by atoms with van der Waals surface area (Å²) in [6.45, 7) is 1.37. The molecule has 1 saturated heterocycles. The van der Waals surface area contributed by atoms with Gasteiger partial charge in [-0.3, -0.25) is 9.59 Å². The number of primary amides is 1. The lowest BCUT2D eigenvalue weighted by Crippen LogP contribution is -2.40. The molecule has 2 fully saturated rings. The average Bonchev–Trinajstić information content (AvgIpc) is 3.25. The average molecular weight is 449 g/mol. The van der Waals surface area contributed by atoms with Crippen molar-refractivity contribution >= 4 is 38.9 Å². The van der Waals surface area contributed by atoms with Gasteiger partial charge < -0.3 is 16.0 Å². The lowest BCUT2D eigenvalue weighted by atomic mass is 10.0. The van der Waals surface area contributed by atoms with Crippen LogP contribution in [0.2, 0.25) is 0 Å². The number of halogens is 2. The van der Waals surface area contributed by atoms with Crippen LogP contribution in [0.15, 0.2) is 22.9 Å². The third-order valence-corrected chi connectivity index (χ3v) is 5.91. The third kappa shape index (κ3) is 2.90. The molecule has 3 N–H and O–H groups in total. The second-order valence-corrected chi connectivity index (χ2v) is 8.56. The summed E-state index contributed by atoms with van der Waals surface area (Å²) in [5, 5.41) is 16.5. The Labute approximate surface area is 168 Å². The summed E-state index contributed by atoms with van der Waals surface area (Å²) >= 11 is 3.36. The fourth-order valence-corrected chi connectivity index (χ4v) is 4.06. The van der Waals surface area contributed by atoms with Crippen LogP contribution in [0.1, 0.15) is 30.1 Å². The van der Waals surface area contributed by atoms with E-state index in [1.165, 1.54) is 18.0 Å². The first-order valence-corrected chi connectivity index (χ1v) is 9.59. The standard InChI is InChI=1S/C18H18BrFN6O2/c1-17(20)9-25(16(28)18(8-21)2-3-18)7-13(17)24-14-11(15(22)27)5-23-26-6-10(19)4-12(14)26/h4-6,13,24H,2-3,7,9H2,1H3,(H2,22,27)/t13-,17-/m1/s1. The molecule has 0 spiro atoms. The Bertz CT molecular complexity index is 1040. The molecule has 0 radical (unpaired) electrons. The van der Waals surface area contributed by atoms with Crippen LogP contribution in [0.5, 0.6) is 0 Å². The van der Waals surface area contributed by atoms with Crippen LogP contribution in [-0.4, -0.2) is 51.1 Å². The number of nitrogens with zero attached hydrogens (tertiary/aromatic N) is 4. The van der Waals surface area contributed by atoms with Crippen molar-refractivity contribution in [3.05, 3.63) is 28.5 Å². The molecule has 1 aliphatic heterocycles. The largest absolute Gasteiger partial charge is 0.375 e. The fourth-order valence-electron chi connectivity index (χ4n) is 3.65. The number of carbonyl (C=O) groups is 2. The summed E-state index contributed by atoms with van der Waals surface area (Å²) in [5.41, 5.74) is 3.78. The van der Waals surface area contributed by atoms with E-state index >= 15 is 4.39 Å². The number of alkyl halides is 1. The lowest BCUT2D eigenvalue weighted by Gasteiger charge is -2.24. The van der Waals surface area contributed by atoms with Crippen molar-refractivity contribution in [1.82, 2.24) is 14.5 Å². The molecule has 146 valence electrons. The van der Waals surface area contributed by atoms with Crippen LogP contribution >= 0.6 is 15.9 Å². The monoisotopic (exact) mass is 448 g/mol. The number of amides is 2. The van der Waals surface area contributed by atoms with Gasteiger partial charge in [-0.25, -0.2) is 8.91 Å². The molecule has 1 aliphatic carbocycles. The van der Waals surface area contributed by atoms with E-state index in [2.05, 4.69) is 32.4 Å². The molecule has 10 heteroatoms. The van der Waals surface area contributed by atoms with E-state index in [4.69, 9.17) is 5.73 Å². The Balaban J connectivity index is 1.67. The van der Waals surface area contributed by atoms with Crippen LogP contribution in [0.3, 0.4) is 0 Å². The number of nitriles is 1. The summed E-state index contributed by atoms with van der Waals surface area (Å²) in [5.74, 6) is -1.02. The molecule has 1 saturated carbocycles. The molecular weight excluding hydrogens is 431 g/mol. The van der Waals surface area contributed by atoms with Crippen LogP contribution < -0.4 is 11.1 Å². The van der Waals surface area contributed by atoms with E-state index in [1.54, 1.807) is 16.8 Å². The van der Waals surface area contributed by atoms with Gasteiger partial charge in [-0.15, -0.1) is 0 Å². The quantitative estimate of drug-likeness (QED) is 0.739. The number of aromatic nitrogens is 2. The lowest BCUT2D eigenvalue weighted by molar-refractivity contribution is -0.134. The summed E-state index contributed by atoms with van der Waals surface area (Å²) in [7, 11) is 0. The highest BCUT2D eigenvalue weighted by Gasteiger charge is 2.56. The molecule has 28 heavy (non-hydrogen) atoms. The first-order chi connectivity index (χ1) is 13.2. The summed E-state index contributed by atoms with van der Waals surface area (Å²) in [6, 6.07) is 3.03. The maximum absolute atomic E-state index is 15.3.